The van der Waals surface area contributed by atoms with Crippen molar-refractivity contribution in [1.29, 1.82) is 0 Å². The molecule has 0 bridgehead atoms. The maximum absolute atomic E-state index is 13.4. The van der Waals surface area contributed by atoms with E-state index in [4.69, 9.17) is 9.84 Å². The summed E-state index contributed by atoms with van der Waals surface area (Å²) in [5, 5.41) is 9.07. The van der Waals surface area contributed by atoms with Crippen molar-refractivity contribution >= 4 is 6.09 Å². The van der Waals surface area contributed by atoms with Crippen LogP contribution in [-0.4, -0.2) is 42.0 Å². The minimum atomic E-state index is -1.09. The zero-order valence-corrected chi connectivity index (χ0v) is 10.7. The van der Waals surface area contributed by atoms with E-state index in [1.54, 1.807) is 0 Å². The molecule has 1 fully saturated rings. The zero-order chi connectivity index (χ0) is 13.7. The van der Waals surface area contributed by atoms with E-state index in [2.05, 4.69) is 0 Å². The highest BCUT2D eigenvalue weighted by Crippen LogP contribution is 2.19. The lowest BCUT2D eigenvalue weighted by Crippen LogP contribution is -2.46. The molecule has 1 heterocycles. The van der Waals surface area contributed by atoms with Gasteiger partial charge in [-0.1, -0.05) is 30.3 Å². The smallest absolute Gasteiger partial charge is 0.410 e. The number of benzene rings is 1. The van der Waals surface area contributed by atoms with Crippen LogP contribution < -0.4 is 0 Å². The van der Waals surface area contributed by atoms with Crippen molar-refractivity contribution in [3.63, 3.8) is 0 Å². The van der Waals surface area contributed by atoms with Crippen LogP contribution in [0, 0.1) is 5.92 Å². The molecule has 5 heteroatoms. The van der Waals surface area contributed by atoms with Crippen LogP contribution in [0.1, 0.15) is 12.0 Å². The topological polar surface area (TPSA) is 49.8 Å². The first-order valence-corrected chi connectivity index (χ1v) is 6.39. The van der Waals surface area contributed by atoms with Crippen molar-refractivity contribution in [2.24, 2.45) is 5.92 Å². The number of rotatable bonds is 3. The van der Waals surface area contributed by atoms with E-state index in [9.17, 15) is 9.18 Å². The van der Waals surface area contributed by atoms with Gasteiger partial charge in [0, 0.05) is 19.1 Å². The Morgan fingerprint density at radius 3 is 2.79 bits per heavy atom. The fourth-order valence-electron chi connectivity index (χ4n) is 2.23. The van der Waals surface area contributed by atoms with E-state index >= 15 is 0 Å². The summed E-state index contributed by atoms with van der Waals surface area (Å²) in [5.41, 5.74) is 0.892. The highest BCUT2D eigenvalue weighted by molar-refractivity contribution is 5.67. The second kappa shape index (κ2) is 6.52. The fourth-order valence-corrected chi connectivity index (χ4v) is 2.23. The van der Waals surface area contributed by atoms with Gasteiger partial charge in [-0.2, -0.15) is 0 Å². The largest absolute Gasteiger partial charge is 0.445 e. The molecule has 0 aromatic heterocycles. The van der Waals surface area contributed by atoms with Crippen LogP contribution >= 0.6 is 0 Å². The molecule has 1 aromatic rings. The summed E-state index contributed by atoms with van der Waals surface area (Å²) in [6.07, 6.45) is -1.31. The predicted molar refractivity (Wildman–Crippen MR) is 68.3 cm³/mol. The molecule has 0 unspecified atom stereocenters. The number of aliphatic hydroxyl groups is 1. The quantitative estimate of drug-likeness (QED) is 0.911. The van der Waals surface area contributed by atoms with Crippen molar-refractivity contribution < 1.29 is 19.0 Å². The van der Waals surface area contributed by atoms with Crippen molar-refractivity contribution in [2.45, 2.75) is 19.2 Å². The lowest BCUT2D eigenvalue weighted by atomic mass is 9.98. The van der Waals surface area contributed by atoms with Crippen LogP contribution in [0.3, 0.4) is 0 Å². The predicted octanol–water partition coefficient (Wildman–Crippen LogP) is 1.98. The van der Waals surface area contributed by atoms with Crippen LogP contribution in [0.5, 0.6) is 0 Å². The van der Waals surface area contributed by atoms with Crippen LogP contribution in [0.25, 0.3) is 0 Å². The molecule has 1 aliphatic heterocycles. The lowest BCUT2D eigenvalue weighted by Gasteiger charge is -2.33. The van der Waals surface area contributed by atoms with Gasteiger partial charge in [-0.15, -0.1) is 0 Å². The van der Waals surface area contributed by atoms with Crippen molar-refractivity contribution in [1.82, 2.24) is 4.90 Å². The molecule has 104 valence electrons. The van der Waals surface area contributed by atoms with Gasteiger partial charge in [0.25, 0.3) is 0 Å². The van der Waals surface area contributed by atoms with Gasteiger partial charge in [-0.05, 0) is 12.0 Å². The van der Waals surface area contributed by atoms with E-state index in [-0.39, 0.29) is 25.7 Å². The summed E-state index contributed by atoms with van der Waals surface area (Å²) in [4.78, 5) is 13.2. The molecule has 0 aliphatic carbocycles. The number of aliphatic hydroxyl groups excluding tert-OH is 1. The summed E-state index contributed by atoms with van der Waals surface area (Å²) < 4.78 is 18.6. The average molecular weight is 267 g/mol. The lowest BCUT2D eigenvalue weighted by molar-refractivity contribution is 0.0416. The third kappa shape index (κ3) is 3.92. The Balaban J connectivity index is 1.85. The maximum atomic E-state index is 13.4. The fraction of sp³-hybridized carbons (Fsp3) is 0.500. The number of halogens is 1. The molecule has 2 atom stereocenters. The Morgan fingerprint density at radius 1 is 1.37 bits per heavy atom. The van der Waals surface area contributed by atoms with Crippen LogP contribution in [0.4, 0.5) is 9.18 Å². The first-order chi connectivity index (χ1) is 9.19. The number of likely N-dealkylation sites (tertiary alicyclic amines) is 1. The molecular formula is C14H18FNO3. The van der Waals surface area contributed by atoms with E-state index < -0.39 is 12.3 Å². The van der Waals surface area contributed by atoms with E-state index in [1.807, 2.05) is 30.3 Å². The Kier molecular flexibility index (Phi) is 4.74. The molecular weight excluding hydrogens is 249 g/mol. The number of piperidine rings is 1. The van der Waals surface area contributed by atoms with Gasteiger partial charge < -0.3 is 14.7 Å². The SMILES string of the molecule is O=C(OCc1ccccc1)N1C[C@@H](F)C[C@H](CO)C1. The highest BCUT2D eigenvalue weighted by Gasteiger charge is 2.30. The summed E-state index contributed by atoms with van der Waals surface area (Å²) in [6.45, 7) is 0.467. The van der Waals surface area contributed by atoms with Crippen molar-refractivity contribution in [2.75, 3.05) is 19.7 Å². The van der Waals surface area contributed by atoms with Gasteiger partial charge in [0.1, 0.15) is 12.8 Å². The molecule has 0 saturated carbocycles. The van der Waals surface area contributed by atoms with Crippen molar-refractivity contribution in [3.05, 3.63) is 35.9 Å². The summed E-state index contributed by atoms with van der Waals surface area (Å²) in [5.74, 6) is -0.201. The second-order valence-electron chi connectivity index (χ2n) is 4.83. The minimum Gasteiger partial charge on any atom is -0.445 e. The molecule has 1 aromatic carbocycles. The number of nitrogens with zero attached hydrogens (tertiary/aromatic N) is 1. The molecule has 4 nitrogen and oxygen atoms in total. The van der Waals surface area contributed by atoms with Gasteiger partial charge >= 0.3 is 6.09 Å². The highest BCUT2D eigenvalue weighted by atomic mass is 19.1. The Morgan fingerprint density at radius 2 is 2.11 bits per heavy atom. The van der Waals surface area contributed by atoms with Gasteiger partial charge in [-0.3, -0.25) is 0 Å². The Bertz CT molecular complexity index is 412. The van der Waals surface area contributed by atoms with E-state index in [1.165, 1.54) is 4.90 Å². The Hall–Kier alpha value is -1.62. The van der Waals surface area contributed by atoms with Crippen LogP contribution in [0.2, 0.25) is 0 Å². The molecule has 1 saturated heterocycles. The number of carbonyl (C=O) groups is 1. The Labute approximate surface area is 111 Å². The van der Waals surface area contributed by atoms with Gasteiger partial charge in [0.15, 0.2) is 0 Å². The molecule has 2 rings (SSSR count). The number of carbonyl (C=O) groups excluding carboxylic acids is 1. The first kappa shape index (κ1) is 13.8. The minimum absolute atomic E-state index is 0.0458. The number of alkyl halides is 1. The molecule has 19 heavy (non-hydrogen) atoms. The first-order valence-electron chi connectivity index (χ1n) is 6.39. The third-order valence-electron chi connectivity index (χ3n) is 3.21. The van der Waals surface area contributed by atoms with Gasteiger partial charge in [-0.25, -0.2) is 9.18 Å². The molecule has 1 aliphatic rings. The third-order valence-corrected chi connectivity index (χ3v) is 3.21. The zero-order valence-electron chi connectivity index (χ0n) is 10.7. The summed E-state index contributed by atoms with van der Waals surface area (Å²) in [6, 6.07) is 9.33. The molecule has 1 N–H and O–H groups in total. The number of amides is 1. The normalized spacial score (nSPS) is 23.2. The van der Waals surface area contributed by atoms with Gasteiger partial charge in [0.2, 0.25) is 0 Å². The van der Waals surface area contributed by atoms with Crippen LogP contribution in [-0.2, 0) is 11.3 Å². The molecule has 0 spiro atoms. The average Bonchev–Trinajstić information content (AvgIpc) is 2.45. The molecule has 0 radical (unpaired) electrons. The summed E-state index contributed by atoms with van der Waals surface area (Å²) >= 11 is 0. The number of ether oxygens (including phenoxy) is 1. The van der Waals surface area contributed by atoms with E-state index in [0.717, 1.165) is 5.56 Å². The standard InChI is InChI=1S/C14H18FNO3/c15-13-6-12(9-17)7-16(8-13)14(18)19-10-11-4-2-1-3-5-11/h1-5,12-13,17H,6-10H2/t12-,13-/m0/s1. The number of hydrogen-bond acceptors (Lipinski definition) is 3. The maximum Gasteiger partial charge on any atom is 0.410 e. The van der Waals surface area contributed by atoms with Crippen molar-refractivity contribution in [3.8, 4) is 0 Å². The number of hydrogen-bond donors (Lipinski definition) is 1. The van der Waals surface area contributed by atoms with Crippen LogP contribution in [0.15, 0.2) is 30.3 Å². The summed E-state index contributed by atoms with van der Waals surface area (Å²) in [7, 11) is 0. The second-order valence-corrected chi connectivity index (χ2v) is 4.83. The monoisotopic (exact) mass is 267 g/mol. The molecule has 1 amide bonds. The van der Waals surface area contributed by atoms with E-state index in [0.29, 0.717) is 13.0 Å². The van der Waals surface area contributed by atoms with Gasteiger partial charge in [0.05, 0.1) is 6.54 Å².